The van der Waals surface area contributed by atoms with E-state index in [1.807, 2.05) is 0 Å². The Bertz CT molecular complexity index is 390. The zero-order valence-electron chi connectivity index (χ0n) is 8.52. The molecule has 1 fully saturated rings. The first-order chi connectivity index (χ1) is 7.06. The maximum absolute atomic E-state index is 13.4. The van der Waals surface area contributed by atoms with Crippen LogP contribution < -0.4 is 10.5 Å². The average Bonchev–Trinajstić information content (AvgIpc) is 2.91. The number of halogens is 2. The zero-order valence-corrected chi connectivity index (χ0v) is 9.27. The van der Waals surface area contributed by atoms with Crippen molar-refractivity contribution >= 4 is 11.6 Å². The van der Waals surface area contributed by atoms with Crippen molar-refractivity contribution in [2.75, 3.05) is 7.11 Å². The maximum Gasteiger partial charge on any atom is 0.165 e. The summed E-state index contributed by atoms with van der Waals surface area (Å²) in [6, 6.07) is 2.85. The number of hydrogen-bond acceptors (Lipinski definition) is 2. The third-order valence-electron chi connectivity index (χ3n) is 2.78. The van der Waals surface area contributed by atoms with Crippen molar-refractivity contribution in [1.29, 1.82) is 0 Å². The van der Waals surface area contributed by atoms with Crippen molar-refractivity contribution in [2.45, 2.75) is 24.8 Å². The molecule has 0 spiro atoms. The third-order valence-corrected chi connectivity index (χ3v) is 3.13. The lowest BCUT2D eigenvalue weighted by molar-refractivity contribution is 0.379. The predicted molar refractivity (Wildman–Crippen MR) is 57.8 cm³/mol. The van der Waals surface area contributed by atoms with Gasteiger partial charge >= 0.3 is 0 Å². The molecule has 2 N–H and O–H groups in total. The number of benzene rings is 1. The summed E-state index contributed by atoms with van der Waals surface area (Å²) in [5.41, 5.74) is 6.46. The first-order valence-electron chi connectivity index (χ1n) is 4.85. The molecule has 2 rings (SSSR count). The van der Waals surface area contributed by atoms with Crippen LogP contribution in [0.5, 0.6) is 5.75 Å². The van der Waals surface area contributed by atoms with Crippen LogP contribution in [0, 0.1) is 5.82 Å². The summed E-state index contributed by atoms with van der Waals surface area (Å²) in [6.45, 7) is 0. The number of ether oxygens (including phenoxy) is 1. The fourth-order valence-corrected chi connectivity index (χ4v) is 1.87. The maximum atomic E-state index is 13.4. The van der Waals surface area contributed by atoms with E-state index in [9.17, 15) is 4.39 Å². The summed E-state index contributed by atoms with van der Waals surface area (Å²) in [5, 5.41) is 0.518. The first-order valence-corrected chi connectivity index (χ1v) is 5.23. The molecule has 0 bridgehead atoms. The van der Waals surface area contributed by atoms with Crippen molar-refractivity contribution in [2.24, 2.45) is 5.73 Å². The lowest BCUT2D eigenvalue weighted by atomic mass is 10.0. The molecule has 82 valence electrons. The Morgan fingerprint density at radius 1 is 1.53 bits per heavy atom. The topological polar surface area (TPSA) is 35.2 Å². The highest BCUT2D eigenvalue weighted by Gasteiger charge is 2.39. The molecule has 0 unspecified atom stereocenters. The Balaban J connectivity index is 2.38. The molecule has 0 atom stereocenters. The van der Waals surface area contributed by atoms with Crippen molar-refractivity contribution in [3.05, 3.63) is 28.5 Å². The third kappa shape index (κ3) is 2.08. The van der Waals surface area contributed by atoms with Gasteiger partial charge in [0.25, 0.3) is 0 Å². The van der Waals surface area contributed by atoms with Crippen molar-refractivity contribution < 1.29 is 9.13 Å². The van der Waals surface area contributed by atoms with Crippen LogP contribution in [0.15, 0.2) is 12.1 Å². The molecule has 4 heteroatoms. The molecule has 0 heterocycles. The average molecular weight is 230 g/mol. The van der Waals surface area contributed by atoms with Gasteiger partial charge in [-0.05, 0) is 31.4 Å². The summed E-state index contributed by atoms with van der Waals surface area (Å²) in [7, 11) is 1.44. The van der Waals surface area contributed by atoms with E-state index in [4.69, 9.17) is 22.1 Å². The quantitative estimate of drug-likeness (QED) is 0.865. The van der Waals surface area contributed by atoms with Crippen LogP contribution >= 0.6 is 11.6 Å². The second-order valence-corrected chi connectivity index (χ2v) is 4.49. The van der Waals surface area contributed by atoms with Gasteiger partial charge in [-0.3, -0.25) is 0 Å². The molecular formula is C11H13ClFNO. The van der Waals surface area contributed by atoms with E-state index in [0.717, 1.165) is 12.8 Å². The van der Waals surface area contributed by atoms with E-state index in [2.05, 4.69) is 0 Å². The molecule has 0 radical (unpaired) electrons. The Hall–Kier alpha value is -0.800. The number of rotatable bonds is 3. The lowest BCUT2D eigenvalue weighted by Gasteiger charge is -2.14. The lowest BCUT2D eigenvalue weighted by Crippen LogP contribution is -2.25. The van der Waals surface area contributed by atoms with Gasteiger partial charge in [-0.15, -0.1) is 0 Å². The summed E-state index contributed by atoms with van der Waals surface area (Å²) >= 11 is 6.01. The van der Waals surface area contributed by atoms with E-state index < -0.39 is 0 Å². The van der Waals surface area contributed by atoms with Crippen LogP contribution in [-0.4, -0.2) is 12.6 Å². The Morgan fingerprint density at radius 3 is 2.73 bits per heavy atom. The van der Waals surface area contributed by atoms with Gasteiger partial charge in [0, 0.05) is 16.1 Å². The van der Waals surface area contributed by atoms with Gasteiger partial charge in [-0.2, -0.15) is 0 Å². The van der Waals surface area contributed by atoms with Gasteiger partial charge in [0.15, 0.2) is 11.6 Å². The van der Waals surface area contributed by atoms with Gasteiger partial charge in [0.2, 0.25) is 0 Å². The molecule has 1 aromatic carbocycles. The van der Waals surface area contributed by atoms with Crippen molar-refractivity contribution in [1.82, 2.24) is 0 Å². The molecule has 0 saturated heterocycles. The monoisotopic (exact) mass is 229 g/mol. The van der Waals surface area contributed by atoms with Crippen LogP contribution in [0.25, 0.3) is 0 Å². The molecule has 15 heavy (non-hydrogen) atoms. The highest BCUT2D eigenvalue weighted by atomic mass is 35.5. The molecule has 0 amide bonds. The minimum Gasteiger partial charge on any atom is -0.493 e. The molecule has 2 nitrogen and oxygen atoms in total. The van der Waals surface area contributed by atoms with Gasteiger partial charge in [-0.1, -0.05) is 11.6 Å². The van der Waals surface area contributed by atoms with Gasteiger partial charge in [0.05, 0.1) is 7.11 Å². The highest BCUT2D eigenvalue weighted by molar-refractivity contribution is 6.31. The molecule has 0 aliphatic heterocycles. The molecular weight excluding hydrogens is 217 g/mol. The first kappa shape index (κ1) is 10.7. The minimum absolute atomic E-state index is 0.204. The SMILES string of the molecule is COc1c(F)ccc(Cl)c1CC1(N)CC1. The Kier molecular flexibility index (Phi) is 2.61. The predicted octanol–water partition coefficient (Wildman–Crippen LogP) is 2.52. The van der Waals surface area contributed by atoms with Crippen LogP contribution in [0.1, 0.15) is 18.4 Å². The highest BCUT2D eigenvalue weighted by Crippen LogP contribution is 2.40. The summed E-state index contributed by atoms with van der Waals surface area (Å²) in [4.78, 5) is 0. The van der Waals surface area contributed by atoms with Crippen molar-refractivity contribution in [3.8, 4) is 5.75 Å². The smallest absolute Gasteiger partial charge is 0.165 e. The van der Waals surface area contributed by atoms with Gasteiger partial charge in [-0.25, -0.2) is 4.39 Å². The fourth-order valence-electron chi connectivity index (χ4n) is 1.65. The van der Waals surface area contributed by atoms with Crippen LogP contribution in [0.2, 0.25) is 5.02 Å². The van der Waals surface area contributed by atoms with E-state index in [1.54, 1.807) is 6.07 Å². The normalized spacial score (nSPS) is 17.6. The van der Waals surface area contributed by atoms with Crippen LogP contribution in [0.3, 0.4) is 0 Å². The van der Waals surface area contributed by atoms with E-state index in [-0.39, 0.29) is 17.1 Å². The summed E-state index contributed by atoms with van der Waals surface area (Å²) in [6.07, 6.45) is 2.50. The fraction of sp³-hybridized carbons (Fsp3) is 0.455. The van der Waals surface area contributed by atoms with Gasteiger partial charge in [0.1, 0.15) is 0 Å². The van der Waals surface area contributed by atoms with Crippen molar-refractivity contribution in [3.63, 3.8) is 0 Å². The molecule has 0 aromatic heterocycles. The molecule has 1 aliphatic carbocycles. The largest absolute Gasteiger partial charge is 0.493 e. The summed E-state index contributed by atoms with van der Waals surface area (Å²) < 4.78 is 18.4. The number of hydrogen-bond donors (Lipinski definition) is 1. The van der Waals surface area contributed by atoms with E-state index >= 15 is 0 Å². The van der Waals surface area contributed by atoms with E-state index in [1.165, 1.54) is 13.2 Å². The zero-order chi connectivity index (χ0) is 11.1. The Morgan fingerprint density at radius 2 is 2.20 bits per heavy atom. The van der Waals surface area contributed by atoms with Crippen LogP contribution in [0.4, 0.5) is 4.39 Å². The summed E-state index contributed by atoms with van der Waals surface area (Å²) in [5.74, 6) is -0.166. The second kappa shape index (κ2) is 3.65. The van der Waals surface area contributed by atoms with Crippen LogP contribution in [-0.2, 0) is 6.42 Å². The van der Waals surface area contributed by atoms with E-state index in [0.29, 0.717) is 17.0 Å². The molecule has 1 aliphatic rings. The molecule has 1 saturated carbocycles. The second-order valence-electron chi connectivity index (χ2n) is 4.08. The molecule has 1 aromatic rings. The standard InChI is InChI=1S/C11H13ClFNO/c1-15-10-7(6-11(14)4-5-11)8(12)2-3-9(10)13/h2-3H,4-6,14H2,1H3. The Labute approximate surface area is 93.2 Å². The van der Waals surface area contributed by atoms with Gasteiger partial charge < -0.3 is 10.5 Å². The number of methoxy groups -OCH3 is 1. The minimum atomic E-state index is -0.388. The number of nitrogens with two attached hydrogens (primary N) is 1.